The third-order valence-electron chi connectivity index (χ3n) is 4.79. The molecule has 1 atom stereocenters. The molecule has 0 bridgehead atoms. The van der Waals surface area contributed by atoms with Gasteiger partial charge < -0.3 is 0 Å². The van der Waals surface area contributed by atoms with Crippen molar-refractivity contribution in [2.24, 2.45) is 9.69 Å². The molecule has 2 aromatic carbocycles. The molecule has 2 aromatic rings. The molecule has 4 nitrogen and oxygen atoms in total. The van der Waals surface area contributed by atoms with Gasteiger partial charge in [0.15, 0.2) is 0 Å². The van der Waals surface area contributed by atoms with Crippen molar-refractivity contribution in [2.75, 3.05) is 0 Å². The molecule has 0 amide bonds. The number of hydrogen-bond acceptors (Lipinski definition) is 3. The number of benzene rings is 2. The van der Waals surface area contributed by atoms with Crippen LogP contribution >= 0.6 is 0 Å². The molecule has 1 aliphatic rings. The first kappa shape index (κ1) is 19.8. The molecular formula is C21H25NO3S2. The van der Waals surface area contributed by atoms with Gasteiger partial charge in [-0.15, -0.1) is 0 Å². The molecule has 3 rings (SSSR count). The maximum atomic E-state index is 13.7. The summed E-state index contributed by atoms with van der Waals surface area (Å²) in [6.07, 6.45) is 7.53. The predicted molar refractivity (Wildman–Crippen MR) is 109 cm³/mol. The monoisotopic (exact) mass is 403 g/mol. The summed E-state index contributed by atoms with van der Waals surface area (Å²) in [5.41, 5.74) is 0.954. The molecule has 1 fully saturated rings. The van der Waals surface area contributed by atoms with Gasteiger partial charge in [0.25, 0.3) is 10.0 Å². The number of nitrogens with zero attached hydrogens (tertiary/aromatic N) is 1. The second kappa shape index (κ2) is 8.40. The van der Waals surface area contributed by atoms with Gasteiger partial charge in [-0.3, -0.25) is 0 Å². The number of aryl methyl sites for hydroxylation is 1. The minimum Gasteiger partial charge on any atom is -0.239 e. The van der Waals surface area contributed by atoms with Crippen LogP contribution in [0.2, 0.25) is 0 Å². The smallest absolute Gasteiger partial charge is 0.239 e. The number of hydrogen-bond donors (Lipinski definition) is 0. The Bertz CT molecular complexity index is 1010. The van der Waals surface area contributed by atoms with Gasteiger partial charge in [0.2, 0.25) is 0 Å². The Kier molecular flexibility index (Phi) is 6.17. The molecule has 0 aromatic heterocycles. The molecule has 0 aliphatic heterocycles. The van der Waals surface area contributed by atoms with Crippen LogP contribution in [0, 0.1) is 12.8 Å². The Hall–Kier alpha value is -1.92. The van der Waals surface area contributed by atoms with Crippen LogP contribution in [0.25, 0.3) is 0 Å². The van der Waals surface area contributed by atoms with Crippen molar-refractivity contribution in [1.82, 2.24) is 0 Å². The van der Waals surface area contributed by atoms with Crippen LogP contribution < -0.4 is 0 Å². The van der Waals surface area contributed by atoms with Crippen molar-refractivity contribution >= 4 is 19.8 Å². The lowest BCUT2D eigenvalue weighted by molar-refractivity contribution is 0.419. The topological polar surface area (TPSA) is 63.6 Å². The molecular weight excluding hydrogens is 378 g/mol. The zero-order valence-corrected chi connectivity index (χ0v) is 17.1. The van der Waals surface area contributed by atoms with Crippen LogP contribution in [-0.4, -0.2) is 12.6 Å². The van der Waals surface area contributed by atoms with Crippen molar-refractivity contribution in [2.45, 2.75) is 48.8 Å². The normalized spacial score (nSPS) is 18.3. The van der Waals surface area contributed by atoms with Crippen LogP contribution in [0.15, 0.2) is 79.6 Å². The molecule has 0 saturated heterocycles. The molecule has 0 N–H and O–H groups in total. The maximum Gasteiger partial charge on any atom is 0.290 e. The first-order valence-corrected chi connectivity index (χ1v) is 12.2. The van der Waals surface area contributed by atoms with Gasteiger partial charge in [0.05, 0.1) is 9.79 Å². The highest BCUT2D eigenvalue weighted by molar-refractivity contribution is 8.05. The largest absolute Gasteiger partial charge is 0.290 e. The Morgan fingerprint density at radius 1 is 0.852 bits per heavy atom. The van der Waals surface area contributed by atoms with Gasteiger partial charge in [-0.2, -0.15) is 8.42 Å². The number of rotatable bonds is 5. The molecule has 0 spiro atoms. The van der Waals surface area contributed by atoms with Gasteiger partial charge >= 0.3 is 0 Å². The van der Waals surface area contributed by atoms with Crippen molar-refractivity contribution < 1.29 is 12.6 Å². The van der Waals surface area contributed by atoms with E-state index in [-0.39, 0.29) is 4.90 Å². The number of allylic oxidation sites excluding steroid dienone is 1. The number of sulfonamides is 1. The predicted octanol–water partition coefficient (Wildman–Crippen LogP) is 5.30. The fourth-order valence-electron chi connectivity index (χ4n) is 3.21. The van der Waals surface area contributed by atoms with Gasteiger partial charge in [-0.1, -0.05) is 65.0 Å². The summed E-state index contributed by atoms with van der Waals surface area (Å²) >= 11 is 0. The average molecular weight is 404 g/mol. The summed E-state index contributed by atoms with van der Waals surface area (Å²) in [6.45, 7) is 1.88. The van der Waals surface area contributed by atoms with Gasteiger partial charge in [-0.05, 0) is 49.9 Å². The summed E-state index contributed by atoms with van der Waals surface area (Å²) in [7, 11) is -7.26. The standard InChI is InChI=1S/C21H25NO3S2/c1-18-12-14-21(15-13-18)27(24,25)22-26(23,20-10-6-3-7-11-20)17-16-19-8-4-2-5-9-19/h3,6-7,10-17,19H,2,4-5,8-9H2,1H3/b17-16+/t26-/m1/s1. The zero-order chi connectivity index (χ0) is 19.3. The Morgan fingerprint density at radius 2 is 1.48 bits per heavy atom. The van der Waals surface area contributed by atoms with E-state index < -0.39 is 19.8 Å². The van der Waals surface area contributed by atoms with E-state index in [9.17, 15) is 12.6 Å². The van der Waals surface area contributed by atoms with Gasteiger partial charge in [0.1, 0.15) is 9.73 Å². The van der Waals surface area contributed by atoms with E-state index in [4.69, 9.17) is 0 Å². The molecule has 27 heavy (non-hydrogen) atoms. The highest BCUT2D eigenvalue weighted by atomic mass is 32.3. The third-order valence-corrected chi connectivity index (χ3v) is 8.81. The summed E-state index contributed by atoms with van der Waals surface area (Å²) in [6, 6.07) is 15.1. The quantitative estimate of drug-likeness (QED) is 0.680. The third kappa shape index (κ3) is 5.08. The summed E-state index contributed by atoms with van der Waals surface area (Å²) in [4.78, 5) is 0.468. The second-order valence-corrected chi connectivity index (χ2v) is 10.9. The van der Waals surface area contributed by atoms with E-state index in [1.165, 1.54) is 24.0 Å². The molecule has 1 saturated carbocycles. The molecule has 0 radical (unpaired) electrons. The Labute approximate surface area is 162 Å². The van der Waals surface area contributed by atoms with E-state index in [1.807, 2.05) is 19.1 Å². The van der Waals surface area contributed by atoms with Crippen molar-refractivity contribution in [3.63, 3.8) is 0 Å². The molecule has 144 valence electrons. The van der Waals surface area contributed by atoms with Crippen LogP contribution in [0.4, 0.5) is 0 Å². The van der Waals surface area contributed by atoms with E-state index >= 15 is 0 Å². The van der Waals surface area contributed by atoms with Crippen LogP contribution in [-0.2, 0) is 19.8 Å². The molecule has 1 aliphatic carbocycles. The van der Waals surface area contributed by atoms with Crippen molar-refractivity contribution in [1.29, 1.82) is 0 Å². The Morgan fingerprint density at radius 3 is 2.11 bits per heavy atom. The molecule has 6 heteroatoms. The zero-order valence-electron chi connectivity index (χ0n) is 15.5. The van der Waals surface area contributed by atoms with E-state index in [2.05, 4.69) is 3.77 Å². The van der Waals surface area contributed by atoms with Crippen LogP contribution in [0.5, 0.6) is 0 Å². The molecule has 0 heterocycles. The SMILES string of the molecule is Cc1ccc(S(=O)(=O)N=[S@@](=O)(/C=C/C2CCCCC2)c2ccccc2)cc1. The van der Waals surface area contributed by atoms with E-state index in [0.29, 0.717) is 10.8 Å². The van der Waals surface area contributed by atoms with Crippen LogP contribution in [0.3, 0.4) is 0 Å². The van der Waals surface area contributed by atoms with E-state index in [1.54, 1.807) is 36.4 Å². The minimum absolute atomic E-state index is 0.0582. The first-order valence-electron chi connectivity index (χ1n) is 9.22. The molecule has 0 unspecified atom stereocenters. The van der Waals surface area contributed by atoms with Gasteiger partial charge in [0, 0.05) is 5.41 Å². The fraction of sp³-hybridized carbons (Fsp3) is 0.333. The lowest BCUT2D eigenvalue weighted by Gasteiger charge is -2.18. The van der Waals surface area contributed by atoms with Crippen LogP contribution in [0.1, 0.15) is 37.7 Å². The summed E-state index contributed by atoms with van der Waals surface area (Å²) < 4.78 is 43.2. The van der Waals surface area contributed by atoms with E-state index in [0.717, 1.165) is 31.2 Å². The highest BCUT2D eigenvalue weighted by Gasteiger charge is 2.20. The summed E-state index contributed by atoms with van der Waals surface area (Å²) in [5.74, 6) is 0.334. The second-order valence-electron chi connectivity index (χ2n) is 6.97. The van der Waals surface area contributed by atoms with Crippen molar-refractivity contribution in [3.8, 4) is 0 Å². The average Bonchev–Trinajstić information content (AvgIpc) is 2.68. The summed E-state index contributed by atoms with van der Waals surface area (Å²) in [5, 5.41) is 1.52. The maximum absolute atomic E-state index is 13.7. The highest BCUT2D eigenvalue weighted by Crippen LogP contribution is 2.27. The fourth-order valence-corrected chi connectivity index (χ4v) is 6.88. The minimum atomic E-state index is -4.04. The first-order chi connectivity index (χ1) is 12.9. The van der Waals surface area contributed by atoms with Gasteiger partial charge in [-0.25, -0.2) is 4.21 Å². The van der Waals surface area contributed by atoms with Crippen molar-refractivity contribution in [3.05, 3.63) is 71.6 Å². The lowest BCUT2D eigenvalue weighted by atomic mass is 9.90. The Balaban J connectivity index is 2.06. The lowest BCUT2D eigenvalue weighted by Crippen LogP contribution is -2.07.